The number of nitrogens with zero attached hydrogens (tertiary/aromatic N) is 3. The summed E-state index contributed by atoms with van der Waals surface area (Å²) < 4.78 is 6.28. The normalized spacial score (nSPS) is 21.0. The van der Waals surface area contributed by atoms with E-state index in [1.807, 2.05) is 41.9 Å². The van der Waals surface area contributed by atoms with Gasteiger partial charge in [0.25, 0.3) is 5.56 Å². The van der Waals surface area contributed by atoms with Crippen molar-refractivity contribution in [1.82, 2.24) is 14.9 Å². The minimum Gasteiger partial charge on any atom is -0.375 e. The van der Waals surface area contributed by atoms with Gasteiger partial charge in [-0.3, -0.25) is 9.78 Å². The molecule has 0 spiro atoms. The van der Waals surface area contributed by atoms with Gasteiger partial charge >= 0.3 is 0 Å². The van der Waals surface area contributed by atoms with Crippen molar-refractivity contribution in [3.8, 4) is 0 Å². The molecule has 7 nitrogen and oxygen atoms in total. The molecule has 2 unspecified atom stereocenters. The maximum Gasteiger partial charge on any atom is 0.271 e. The Morgan fingerprint density at radius 3 is 2.79 bits per heavy atom. The second kappa shape index (κ2) is 11.8. The fraction of sp³-hybridized carbons (Fsp3) is 0.333. The van der Waals surface area contributed by atoms with E-state index in [1.54, 1.807) is 6.20 Å². The van der Waals surface area contributed by atoms with Crippen LogP contribution in [0.4, 0.5) is 11.4 Å². The van der Waals surface area contributed by atoms with Crippen molar-refractivity contribution in [2.24, 2.45) is 0 Å². The van der Waals surface area contributed by atoms with Crippen molar-refractivity contribution < 1.29 is 4.74 Å². The molecule has 42 heavy (non-hydrogen) atoms. The van der Waals surface area contributed by atoms with E-state index in [4.69, 9.17) is 9.72 Å². The number of aromatic nitrogens is 2. The van der Waals surface area contributed by atoms with Crippen LogP contribution in [0.2, 0.25) is 0 Å². The van der Waals surface area contributed by atoms with E-state index >= 15 is 0 Å². The van der Waals surface area contributed by atoms with Crippen LogP contribution in [-0.2, 0) is 4.74 Å². The average molecular weight is 598 g/mol. The molecule has 4 aromatic rings. The Morgan fingerprint density at radius 1 is 1.05 bits per heavy atom. The number of aromatic amines is 1. The predicted molar refractivity (Wildman–Crippen MR) is 170 cm³/mol. The van der Waals surface area contributed by atoms with Crippen LogP contribution in [0.15, 0.2) is 97.4 Å². The molecular weight excluding hydrogens is 563 g/mol. The van der Waals surface area contributed by atoms with Gasteiger partial charge in [0, 0.05) is 56.8 Å². The number of benzene rings is 2. The van der Waals surface area contributed by atoms with Gasteiger partial charge in [-0.1, -0.05) is 41.7 Å². The Morgan fingerprint density at radius 2 is 1.98 bits per heavy atom. The Labute approximate surface area is 255 Å². The number of aryl methyl sites for hydroxylation is 1. The second-order valence-electron chi connectivity index (χ2n) is 11.3. The molecular formula is C33H35N5O2S2. The van der Waals surface area contributed by atoms with Crippen LogP contribution >= 0.6 is 23.5 Å². The monoisotopic (exact) mass is 597 g/mol. The zero-order valence-corrected chi connectivity index (χ0v) is 25.5. The van der Waals surface area contributed by atoms with Gasteiger partial charge in [0.2, 0.25) is 0 Å². The summed E-state index contributed by atoms with van der Waals surface area (Å²) in [5.74, 6) is 0. The number of morpholine rings is 1. The lowest BCUT2D eigenvalue weighted by Crippen LogP contribution is -2.41. The van der Waals surface area contributed by atoms with Crippen molar-refractivity contribution in [3.05, 3.63) is 100 Å². The smallest absolute Gasteiger partial charge is 0.271 e. The first-order valence-corrected chi connectivity index (χ1v) is 16.2. The van der Waals surface area contributed by atoms with Crippen LogP contribution in [0, 0.1) is 6.92 Å². The summed E-state index contributed by atoms with van der Waals surface area (Å²) in [4.78, 5) is 29.7. The number of hydrogen-bond donors (Lipinski definition) is 2. The number of nitrogens with one attached hydrogen (secondary N) is 2. The van der Waals surface area contributed by atoms with E-state index in [1.165, 1.54) is 37.1 Å². The van der Waals surface area contributed by atoms with Gasteiger partial charge in [0.05, 0.1) is 18.3 Å². The molecule has 7 rings (SSSR count). The lowest BCUT2D eigenvalue weighted by molar-refractivity contribution is 0.0378. The van der Waals surface area contributed by atoms with Crippen LogP contribution in [0.3, 0.4) is 0 Å². The first kappa shape index (κ1) is 27.6. The highest BCUT2D eigenvalue weighted by atomic mass is 32.2. The maximum absolute atomic E-state index is 12.5. The van der Waals surface area contributed by atoms with Crippen LogP contribution in [0.5, 0.6) is 0 Å². The van der Waals surface area contributed by atoms with E-state index in [0.29, 0.717) is 31.4 Å². The molecule has 9 heteroatoms. The molecule has 0 amide bonds. The number of rotatable bonds is 6. The van der Waals surface area contributed by atoms with Crippen molar-refractivity contribution in [2.75, 3.05) is 43.5 Å². The molecule has 0 radical (unpaired) electrons. The van der Waals surface area contributed by atoms with E-state index < -0.39 is 0 Å². The first-order valence-electron chi connectivity index (χ1n) is 14.6. The number of fused-ring (bicyclic) bond motifs is 2. The van der Waals surface area contributed by atoms with Gasteiger partial charge < -0.3 is 24.8 Å². The predicted octanol–water partition coefficient (Wildman–Crippen LogP) is 6.52. The first-order chi connectivity index (χ1) is 20.5. The van der Waals surface area contributed by atoms with E-state index in [9.17, 15) is 4.79 Å². The van der Waals surface area contributed by atoms with Gasteiger partial charge in [-0.05, 0) is 86.9 Å². The van der Waals surface area contributed by atoms with Gasteiger partial charge in [-0.25, -0.2) is 0 Å². The third kappa shape index (κ3) is 5.46. The average Bonchev–Trinajstić information content (AvgIpc) is 3.44. The second-order valence-corrected chi connectivity index (χ2v) is 13.4. The van der Waals surface area contributed by atoms with Crippen LogP contribution in [-0.4, -0.2) is 54.2 Å². The molecule has 2 saturated heterocycles. The van der Waals surface area contributed by atoms with Gasteiger partial charge in [-0.2, -0.15) is 0 Å². The standard InChI is InChI=1S/C33H35N5O2S2/c1-21-10-12-24(35-19-21)31(25-8-5-15-37(25)2)36-22-11-13-28-30(18-22)41-29-9-3-6-23(32(29)42-28)27-20-38(16-17-40-27)26-7-4-14-34-33(26)39/h3-4,6-7,9-14,18-19,25,27,31,36H,5,8,15-17,20H2,1-2H3,(H,34,39)/t25-,27?,31?/m1/s1. The summed E-state index contributed by atoms with van der Waals surface area (Å²) in [5, 5.41) is 3.87. The van der Waals surface area contributed by atoms with Crippen molar-refractivity contribution in [3.63, 3.8) is 0 Å². The number of ether oxygens (including phenoxy) is 1. The topological polar surface area (TPSA) is 73.5 Å². The summed E-state index contributed by atoms with van der Waals surface area (Å²) in [6, 6.07) is 21.9. The zero-order valence-electron chi connectivity index (χ0n) is 23.9. The molecule has 2 aromatic carbocycles. The quantitative estimate of drug-likeness (QED) is 0.229. The summed E-state index contributed by atoms with van der Waals surface area (Å²) >= 11 is 3.64. The van der Waals surface area contributed by atoms with Crippen LogP contribution in [0.1, 0.15) is 41.8 Å². The fourth-order valence-electron chi connectivity index (χ4n) is 6.25. The number of hydrogen-bond acceptors (Lipinski definition) is 8. The number of likely N-dealkylation sites (tertiary alicyclic amines) is 1. The molecule has 3 aliphatic heterocycles. The zero-order chi connectivity index (χ0) is 28.6. The minimum absolute atomic E-state index is 0.0588. The minimum atomic E-state index is -0.102. The molecule has 0 bridgehead atoms. The lowest BCUT2D eigenvalue weighted by Gasteiger charge is -2.35. The Balaban J connectivity index is 1.13. The summed E-state index contributed by atoms with van der Waals surface area (Å²) in [5.41, 5.74) is 5.21. The Hall–Kier alpha value is -3.24. The molecule has 3 aliphatic rings. The van der Waals surface area contributed by atoms with Crippen molar-refractivity contribution in [1.29, 1.82) is 0 Å². The molecule has 3 atom stereocenters. The Kier molecular flexibility index (Phi) is 7.75. The third-order valence-corrected chi connectivity index (χ3v) is 11.1. The largest absolute Gasteiger partial charge is 0.375 e. The number of likely N-dealkylation sites (N-methyl/N-ethyl adjacent to an activating group) is 1. The van der Waals surface area contributed by atoms with E-state index in [2.05, 4.69) is 82.6 Å². The van der Waals surface area contributed by atoms with Gasteiger partial charge in [0.15, 0.2) is 0 Å². The number of anilines is 2. The summed E-state index contributed by atoms with van der Waals surface area (Å²) in [7, 11) is 2.22. The number of H-pyrrole nitrogens is 1. The molecule has 2 N–H and O–H groups in total. The highest BCUT2D eigenvalue weighted by Crippen LogP contribution is 2.52. The van der Waals surface area contributed by atoms with Gasteiger partial charge in [0.1, 0.15) is 11.8 Å². The highest BCUT2D eigenvalue weighted by Gasteiger charge is 2.32. The summed E-state index contributed by atoms with van der Waals surface area (Å²) in [6.45, 7) is 5.14. The molecule has 5 heterocycles. The number of pyridine rings is 2. The van der Waals surface area contributed by atoms with Crippen LogP contribution in [0.25, 0.3) is 0 Å². The molecule has 0 saturated carbocycles. The van der Waals surface area contributed by atoms with Gasteiger partial charge in [-0.15, -0.1) is 0 Å². The molecule has 0 aliphatic carbocycles. The maximum atomic E-state index is 12.5. The highest BCUT2D eigenvalue weighted by molar-refractivity contribution is 8.05. The summed E-state index contributed by atoms with van der Waals surface area (Å²) in [6.07, 6.45) is 5.92. The van der Waals surface area contributed by atoms with Crippen molar-refractivity contribution >= 4 is 34.9 Å². The van der Waals surface area contributed by atoms with E-state index in [-0.39, 0.29) is 17.7 Å². The molecule has 2 fully saturated rings. The molecule has 216 valence electrons. The third-order valence-electron chi connectivity index (χ3n) is 8.47. The van der Waals surface area contributed by atoms with E-state index in [0.717, 1.165) is 24.3 Å². The SMILES string of the molecule is Cc1ccc(C(Nc2ccc3c(c2)Sc2cccc(C4CN(c5ccc[nH]c5=O)CCO4)c2S3)[C@H]2CCCN2C)nc1. The lowest BCUT2D eigenvalue weighted by atomic mass is 10.0. The fourth-order valence-corrected chi connectivity index (χ4v) is 8.70. The van der Waals surface area contributed by atoms with Crippen molar-refractivity contribution in [2.45, 2.75) is 57.5 Å². The Bertz CT molecular complexity index is 1640. The molecule has 2 aromatic heterocycles. The van der Waals surface area contributed by atoms with Crippen LogP contribution < -0.4 is 15.8 Å².